The van der Waals surface area contributed by atoms with Gasteiger partial charge < -0.3 is 10.9 Å². The number of rotatable bonds is 7. The molecule has 0 saturated heterocycles. The van der Waals surface area contributed by atoms with Gasteiger partial charge >= 0.3 is 6.18 Å². The molecule has 0 rings (SSSR count). The molecule has 1 unspecified atom stereocenters. The number of amidine groups is 1. The Labute approximate surface area is 103 Å². The number of alkyl halides is 3. The lowest BCUT2D eigenvalue weighted by Crippen LogP contribution is -2.45. The summed E-state index contributed by atoms with van der Waals surface area (Å²) in [6.45, 7) is 1.58. The fraction of sp³-hybridized carbons (Fsp3) is 0.875. The van der Waals surface area contributed by atoms with Crippen LogP contribution in [0.15, 0.2) is 5.16 Å². The molecule has 6 nitrogen and oxygen atoms in total. The highest BCUT2D eigenvalue weighted by molar-refractivity contribution is 7.89. The summed E-state index contributed by atoms with van der Waals surface area (Å²) in [5.74, 6) is -1.00. The van der Waals surface area contributed by atoms with Crippen LogP contribution in [0.2, 0.25) is 0 Å². The predicted molar refractivity (Wildman–Crippen MR) is 59.7 cm³/mol. The van der Waals surface area contributed by atoms with E-state index in [4.69, 9.17) is 10.9 Å². The van der Waals surface area contributed by atoms with E-state index in [2.05, 4.69) is 9.88 Å². The van der Waals surface area contributed by atoms with Gasteiger partial charge in [0.25, 0.3) is 0 Å². The molecule has 0 aliphatic carbocycles. The Bertz CT molecular complexity index is 381. The van der Waals surface area contributed by atoms with Crippen LogP contribution in [0.1, 0.15) is 26.2 Å². The van der Waals surface area contributed by atoms with Crippen LogP contribution >= 0.6 is 0 Å². The molecule has 18 heavy (non-hydrogen) atoms. The summed E-state index contributed by atoms with van der Waals surface area (Å²) in [5, 5.41) is 11.0. The van der Waals surface area contributed by atoms with Crippen LogP contribution in [-0.4, -0.2) is 37.4 Å². The van der Waals surface area contributed by atoms with E-state index >= 15 is 0 Å². The van der Waals surface area contributed by atoms with Crippen molar-refractivity contribution in [2.75, 3.05) is 5.75 Å². The topological polar surface area (TPSA) is 105 Å². The molecule has 108 valence electrons. The second-order valence-electron chi connectivity index (χ2n) is 3.64. The van der Waals surface area contributed by atoms with E-state index in [0.717, 1.165) is 0 Å². The Balaban J connectivity index is 4.39. The molecule has 0 amide bonds. The smallest absolute Gasteiger partial charge is 0.389 e. The molecule has 0 radical (unpaired) electrons. The normalized spacial score (nSPS) is 15.7. The van der Waals surface area contributed by atoms with E-state index in [1.165, 1.54) is 0 Å². The Hall–Kier alpha value is -1.03. The lowest BCUT2D eigenvalue weighted by Gasteiger charge is -2.15. The molecule has 0 heterocycles. The van der Waals surface area contributed by atoms with Gasteiger partial charge in [-0.2, -0.15) is 13.2 Å². The second kappa shape index (κ2) is 6.78. The van der Waals surface area contributed by atoms with Gasteiger partial charge in [0.05, 0.1) is 11.8 Å². The van der Waals surface area contributed by atoms with Crippen molar-refractivity contribution in [3.8, 4) is 0 Å². The minimum atomic E-state index is -4.38. The number of nitrogens with one attached hydrogen (secondary N) is 1. The zero-order chi connectivity index (χ0) is 14.4. The summed E-state index contributed by atoms with van der Waals surface area (Å²) in [4.78, 5) is 0. The molecule has 0 saturated carbocycles. The summed E-state index contributed by atoms with van der Waals surface area (Å²) in [5.41, 5.74) is 5.23. The number of nitrogens with two attached hydrogens (primary N) is 1. The van der Waals surface area contributed by atoms with Gasteiger partial charge in [-0.1, -0.05) is 12.1 Å². The van der Waals surface area contributed by atoms with Crippen molar-refractivity contribution >= 4 is 15.9 Å². The molecule has 0 bridgehead atoms. The number of halogens is 3. The minimum absolute atomic E-state index is 0.217. The molecular weight excluding hydrogens is 275 g/mol. The Morgan fingerprint density at radius 1 is 1.50 bits per heavy atom. The first kappa shape index (κ1) is 17.0. The predicted octanol–water partition coefficient (Wildman–Crippen LogP) is 0.773. The number of sulfonamides is 1. The maximum absolute atomic E-state index is 11.9. The Kier molecular flexibility index (Phi) is 6.39. The summed E-state index contributed by atoms with van der Waals surface area (Å²) >= 11 is 0. The summed E-state index contributed by atoms with van der Waals surface area (Å²) in [6.07, 6.45) is -5.88. The number of nitrogens with zero attached hydrogens (tertiary/aromatic N) is 1. The highest BCUT2D eigenvalue weighted by Crippen LogP contribution is 2.21. The second-order valence-corrected chi connectivity index (χ2v) is 5.51. The van der Waals surface area contributed by atoms with Gasteiger partial charge in [0.1, 0.15) is 0 Å². The monoisotopic (exact) mass is 291 g/mol. The van der Waals surface area contributed by atoms with Gasteiger partial charge in [-0.05, 0) is 12.8 Å². The Morgan fingerprint density at radius 3 is 2.44 bits per heavy atom. The maximum atomic E-state index is 11.9. The van der Waals surface area contributed by atoms with E-state index in [-0.39, 0.29) is 12.3 Å². The highest BCUT2D eigenvalue weighted by Gasteiger charge is 2.28. The van der Waals surface area contributed by atoms with Gasteiger partial charge in [-0.15, -0.1) is 0 Å². The standard InChI is InChI=1S/C8H16F3N3O3S/c1-2-6(7(12)13-15)14-18(16,17)5-3-4-8(9,10)11/h6,14-15H,2-5H2,1H3,(H2,12,13). The van der Waals surface area contributed by atoms with Crippen LogP contribution in [0.25, 0.3) is 0 Å². The van der Waals surface area contributed by atoms with Crippen LogP contribution in [0.5, 0.6) is 0 Å². The summed E-state index contributed by atoms with van der Waals surface area (Å²) in [6, 6.07) is -0.925. The maximum Gasteiger partial charge on any atom is 0.389 e. The molecule has 0 aromatic carbocycles. The zero-order valence-electron chi connectivity index (χ0n) is 9.74. The average Bonchev–Trinajstić information content (AvgIpc) is 2.22. The first-order chi connectivity index (χ1) is 8.11. The molecule has 1 atom stereocenters. The van der Waals surface area contributed by atoms with E-state index in [1.54, 1.807) is 6.92 Å². The highest BCUT2D eigenvalue weighted by atomic mass is 32.2. The van der Waals surface area contributed by atoms with Crippen LogP contribution in [0.3, 0.4) is 0 Å². The molecule has 0 aromatic heterocycles. The SMILES string of the molecule is CCC(NS(=O)(=O)CCCC(F)(F)F)C(N)=NO. The zero-order valence-corrected chi connectivity index (χ0v) is 10.6. The van der Waals surface area contributed by atoms with Crippen LogP contribution in [0.4, 0.5) is 13.2 Å². The quantitative estimate of drug-likeness (QED) is 0.279. The van der Waals surface area contributed by atoms with Crippen molar-refractivity contribution in [3.63, 3.8) is 0 Å². The van der Waals surface area contributed by atoms with Crippen molar-refractivity contribution in [2.24, 2.45) is 10.9 Å². The van der Waals surface area contributed by atoms with Gasteiger partial charge in [0.2, 0.25) is 10.0 Å². The first-order valence-corrected chi connectivity index (χ1v) is 6.80. The first-order valence-electron chi connectivity index (χ1n) is 5.15. The minimum Gasteiger partial charge on any atom is -0.409 e. The Morgan fingerprint density at radius 2 is 2.06 bits per heavy atom. The third kappa shape index (κ3) is 7.33. The third-order valence-corrected chi connectivity index (χ3v) is 3.55. The molecule has 0 fully saturated rings. The molecule has 0 aliphatic rings. The van der Waals surface area contributed by atoms with Crippen LogP contribution in [-0.2, 0) is 10.0 Å². The fourth-order valence-corrected chi connectivity index (χ4v) is 2.52. The van der Waals surface area contributed by atoms with Crippen LogP contribution < -0.4 is 10.5 Å². The van der Waals surface area contributed by atoms with Gasteiger partial charge in [0.15, 0.2) is 5.84 Å². The largest absolute Gasteiger partial charge is 0.409 e. The van der Waals surface area contributed by atoms with E-state index < -0.39 is 40.8 Å². The number of hydrogen-bond acceptors (Lipinski definition) is 4. The fourth-order valence-electron chi connectivity index (χ4n) is 1.16. The van der Waals surface area contributed by atoms with Crippen molar-refractivity contribution in [1.29, 1.82) is 0 Å². The van der Waals surface area contributed by atoms with Crippen molar-refractivity contribution in [2.45, 2.75) is 38.4 Å². The lowest BCUT2D eigenvalue weighted by atomic mass is 10.2. The summed E-state index contributed by atoms with van der Waals surface area (Å²) < 4.78 is 60.5. The third-order valence-electron chi connectivity index (χ3n) is 2.08. The molecular formula is C8H16F3N3O3S. The molecule has 0 spiro atoms. The van der Waals surface area contributed by atoms with E-state index in [0.29, 0.717) is 0 Å². The molecule has 0 aliphatic heterocycles. The average molecular weight is 291 g/mol. The van der Waals surface area contributed by atoms with Crippen molar-refractivity contribution in [1.82, 2.24) is 4.72 Å². The van der Waals surface area contributed by atoms with E-state index in [9.17, 15) is 21.6 Å². The van der Waals surface area contributed by atoms with E-state index in [1.807, 2.05) is 0 Å². The number of hydrogen-bond donors (Lipinski definition) is 3. The summed E-state index contributed by atoms with van der Waals surface area (Å²) in [7, 11) is -3.89. The van der Waals surface area contributed by atoms with Gasteiger partial charge in [0, 0.05) is 6.42 Å². The van der Waals surface area contributed by atoms with Crippen molar-refractivity contribution in [3.05, 3.63) is 0 Å². The molecule has 0 aromatic rings. The van der Waals surface area contributed by atoms with Crippen molar-refractivity contribution < 1.29 is 26.8 Å². The van der Waals surface area contributed by atoms with Gasteiger partial charge in [-0.3, -0.25) is 0 Å². The number of oxime groups is 1. The lowest BCUT2D eigenvalue weighted by molar-refractivity contribution is -0.134. The molecule has 4 N–H and O–H groups in total. The van der Waals surface area contributed by atoms with Gasteiger partial charge in [-0.25, -0.2) is 13.1 Å². The van der Waals surface area contributed by atoms with Crippen LogP contribution in [0, 0.1) is 0 Å². The molecule has 10 heteroatoms.